The SMILES string of the molecule is CC/C=C\C/C=C\C/C=C\C/C=C\C/C=C\C/C=C\C/C=C\C/C=C\C/C=C\CCCCCC(=O)OC(CO)COC(=O)CCCCCCCCCC/C=C\C/C=C\C/C=C\C/C=C\C/C=C\C/C=C\C/C=C\C/C=C\CC. The van der Waals surface area contributed by atoms with Crippen molar-refractivity contribution in [2.45, 2.75) is 225 Å². The molecule has 0 aromatic heterocycles. The van der Waals surface area contributed by atoms with Crippen molar-refractivity contribution in [3.8, 4) is 0 Å². The summed E-state index contributed by atoms with van der Waals surface area (Å²) in [5, 5.41) is 9.67. The largest absolute Gasteiger partial charge is 0.462 e. The predicted molar refractivity (Wildman–Crippen MR) is 342 cm³/mol. The maximum Gasteiger partial charge on any atom is 0.306 e. The lowest BCUT2D eigenvalue weighted by atomic mass is 10.1. The van der Waals surface area contributed by atoms with Crippen molar-refractivity contribution in [2.24, 2.45) is 0 Å². The zero-order chi connectivity index (χ0) is 56.2. The molecule has 0 rings (SSSR count). The van der Waals surface area contributed by atoms with Crippen LogP contribution in [0.2, 0.25) is 0 Å². The van der Waals surface area contributed by atoms with E-state index in [1.165, 1.54) is 32.1 Å². The number of hydrogen-bond acceptors (Lipinski definition) is 5. The molecule has 0 heterocycles. The average Bonchev–Trinajstić information content (AvgIpc) is 3.44. The number of aliphatic hydroxyl groups is 1. The number of carbonyl (C=O) groups excluding carboxylic acids is 2. The molecule has 1 atom stereocenters. The Morgan fingerprint density at radius 1 is 0.295 bits per heavy atom. The van der Waals surface area contributed by atoms with Crippen LogP contribution in [0.25, 0.3) is 0 Å². The number of esters is 2. The van der Waals surface area contributed by atoms with Crippen molar-refractivity contribution in [3.05, 3.63) is 207 Å². The summed E-state index contributed by atoms with van der Waals surface area (Å²) in [5.74, 6) is -0.656. The van der Waals surface area contributed by atoms with Crippen LogP contribution in [0.15, 0.2) is 207 Å². The normalized spacial score (nSPS) is 13.7. The molecule has 432 valence electrons. The van der Waals surface area contributed by atoms with Crippen molar-refractivity contribution in [1.29, 1.82) is 0 Å². The Kier molecular flexibility index (Phi) is 61.1. The first-order valence-electron chi connectivity index (χ1n) is 30.6. The van der Waals surface area contributed by atoms with Crippen LogP contribution in [-0.4, -0.2) is 36.4 Å². The second kappa shape index (κ2) is 65.8. The van der Waals surface area contributed by atoms with Crippen LogP contribution in [0.3, 0.4) is 0 Å². The van der Waals surface area contributed by atoms with Gasteiger partial charge in [-0.2, -0.15) is 0 Å². The topological polar surface area (TPSA) is 72.8 Å². The molecule has 0 bridgehead atoms. The zero-order valence-electron chi connectivity index (χ0n) is 49.3. The molecule has 0 saturated carbocycles. The number of ether oxygens (including phenoxy) is 2. The van der Waals surface area contributed by atoms with Gasteiger partial charge in [0.05, 0.1) is 6.61 Å². The predicted octanol–water partition coefficient (Wildman–Crippen LogP) is 21.4. The Morgan fingerprint density at radius 3 is 0.782 bits per heavy atom. The van der Waals surface area contributed by atoms with Gasteiger partial charge in [0.2, 0.25) is 0 Å². The third-order valence-electron chi connectivity index (χ3n) is 12.1. The fourth-order valence-electron chi connectivity index (χ4n) is 7.56. The summed E-state index contributed by atoms with van der Waals surface area (Å²) < 4.78 is 10.7. The smallest absolute Gasteiger partial charge is 0.306 e. The number of rotatable bonds is 53. The third-order valence-corrected chi connectivity index (χ3v) is 12.1. The first-order chi connectivity index (χ1) is 38.6. The lowest BCUT2D eigenvalue weighted by Gasteiger charge is -2.15. The van der Waals surface area contributed by atoms with Crippen LogP contribution in [0.5, 0.6) is 0 Å². The molecule has 0 amide bonds. The quantitative estimate of drug-likeness (QED) is 0.0373. The summed E-state index contributed by atoms with van der Waals surface area (Å²) in [6, 6.07) is 0. The molecule has 78 heavy (non-hydrogen) atoms. The Labute approximate surface area is 479 Å². The van der Waals surface area contributed by atoms with E-state index in [9.17, 15) is 14.7 Å². The molecule has 0 spiro atoms. The molecule has 0 aromatic carbocycles. The molecule has 1 N–H and O–H groups in total. The van der Waals surface area contributed by atoms with Crippen LogP contribution < -0.4 is 0 Å². The molecule has 5 nitrogen and oxygen atoms in total. The summed E-state index contributed by atoms with van der Waals surface area (Å²) >= 11 is 0. The van der Waals surface area contributed by atoms with Crippen LogP contribution >= 0.6 is 0 Å². The van der Waals surface area contributed by atoms with Gasteiger partial charge in [-0.1, -0.05) is 265 Å². The molecule has 0 aliphatic carbocycles. The van der Waals surface area contributed by atoms with E-state index in [4.69, 9.17) is 9.47 Å². The number of hydrogen-bond donors (Lipinski definition) is 1. The summed E-state index contributed by atoms with van der Waals surface area (Å²) in [6.07, 6.45) is 107. The van der Waals surface area contributed by atoms with Crippen LogP contribution in [-0.2, 0) is 19.1 Å². The van der Waals surface area contributed by atoms with E-state index in [2.05, 4.69) is 220 Å². The Balaban J connectivity index is 3.69. The zero-order valence-corrected chi connectivity index (χ0v) is 49.3. The number of unbranched alkanes of at least 4 members (excludes halogenated alkanes) is 11. The van der Waals surface area contributed by atoms with E-state index in [-0.39, 0.29) is 25.2 Å². The maximum atomic E-state index is 12.3. The highest BCUT2D eigenvalue weighted by Crippen LogP contribution is 2.13. The van der Waals surface area contributed by atoms with Crippen molar-refractivity contribution in [3.63, 3.8) is 0 Å². The number of carbonyl (C=O) groups is 2. The van der Waals surface area contributed by atoms with Gasteiger partial charge in [0, 0.05) is 12.8 Å². The van der Waals surface area contributed by atoms with E-state index >= 15 is 0 Å². The molecule has 0 saturated heterocycles. The van der Waals surface area contributed by atoms with E-state index < -0.39 is 6.10 Å². The minimum absolute atomic E-state index is 0.0993. The van der Waals surface area contributed by atoms with Gasteiger partial charge >= 0.3 is 11.9 Å². The number of allylic oxidation sites excluding steroid dienone is 34. The Hall–Kier alpha value is -5.52. The van der Waals surface area contributed by atoms with E-state index in [0.29, 0.717) is 12.8 Å². The van der Waals surface area contributed by atoms with E-state index in [1.807, 2.05) is 0 Å². The molecule has 0 aliphatic heterocycles. The first-order valence-corrected chi connectivity index (χ1v) is 30.6. The molecular formula is C73H110O5. The maximum absolute atomic E-state index is 12.3. The molecule has 0 fully saturated rings. The van der Waals surface area contributed by atoms with Gasteiger partial charge in [-0.05, 0) is 148 Å². The number of aliphatic hydroxyl groups excluding tert-OH is 1. The summed E-state index contributed by atoms with van der Waals surface area (Å²) in [5.41, 5.74) is 0. The monoisotopic (exact) mass is 1070 g/mol. The highest BCUT2D eigenvalue weighted by molar-refractivity contribution is 5.70. The lowest BCUT2D eigenvalue weighted by molar-refractivity contribution is -0.161. The van der Waals surface area contributed by atoms with Gasteiger partial charge < -0.3 is 14.6 Å². The summed E-state index contributed by atoms with van der Waals surface area (Å²) in [4.78, 5) is 24.6. The summed E-state index contributed by atoms with van der Waals surface area (Å²) in [6.45, 7) is 3.86. The van der Waals surface area contributed by atoms with Gasteiger partial charge in [-0.25, -0.2) is 0 Å². The highest BCUT2D eigenvalue weighted by atomic mass is 16.6. The fourth-order valence-corrected chi connectivity index (χ4v) is 7.56. The van der Waals surface area contributed by atoms with Crippen molar-refractivity contribution < 1.29 is 24.2 Å². The molecule has 0 aromatic rings. The van der Waals surface area contributed by atoms with Crippen LogP contribution in [0, 0.1) is 0 Å². The van der Waals surface area contributed by atoms with Gasteiger partial charge in [-0.3, -0.25) is 9.59 Å². The van der Waals surface area contributed by atoms with Crippen molar-refractivity contribution >= 4 is 11.9 Å². The van der Waals surface area contributed by atoms with Crippen LogP contribution in [0.4, 0.5) is 0 Å². The Bertz CT molecular complexity index is 1880. The standard InChI is InChI=1S/C73H110O5/c1-3-5-7-9-11-13-15-17-19-21-23-25-27-29-31-33-35-36-38-39-41-43-45-47-49-51-53-55-57-59-61-63-65-67-72(75)77-70-71(69-74)78-73(76)68-66-64-62-60-58-56-54-52-50-48-46-44-42-40-37-34-32-30-28-26-24-22-20-18-16-14-12-10-8-6-4-2/h5-8,11-14,17-20,23-26,29-32,35-37,39-41,44-47,50,52,56,58,71,74H,3-4,9-10,15-16,21-22,27-28,33-34,38,42-43,48-49,51,53-55,57,59-70H2,1-2H3/b7-5-,8-6-,13-11-,14-12-,19-17-,20-18-,25-23-,26-24-,31-29-,32-30-,36-35-,40-37-,41-39-,46-44-,47-45-,52-50-,58-56-. The average molecular weight is 1070 g/mol. The van der Waals surface area contributed by atoms with E-state index in [0.717, 1.165) is 161 Å². The fraction of sp³-hybridized carbons (Fsp3) is 0.507. The molecule has 5 heteroatoms. The highest BCUT2D eigenvalue weighted by Gasteiger charge is 2.16. The third kappa shape index (κ3) is 63.0. The van der Waals surface area contributed by atoms with Crippen molar-refractivity contribution in [1.82, 2.24) is 0 Å². The lowest BCUT2D eigenvalue weighted by Crippen LogP contribution is -2.28. The second-order valence-electron chi connectivity index (χ2n) is 19.3. The summed E-state index contributed by atoms with van der Waals surface area (Å²) in [7, 11) is 0. The molecule has 1 unspecified atom stereocenters. The minimum Gasteiger partial charge on any atom is -0.462 e. The minimum atomic E-state index is -0.813. The van der Waals surface area contributed by atoms with E-state index in [1.54, 1.807) is 0 Å². The van der Waals surface area contributed by atoms with Crippen molar-refractivity contribution in [2.75, 3.05) is 13.2 Å². The van der Waals surface area contributed by atoms with Gasteiger partial charge in [0.25, 0.3) is 0 Å². The van der Waals surface area contributed by atoms with Gasteiger partial charge in [-0.15, -0.1) is 0 Å². The molecular weight excluding hydrogens is 957 g/mol. The van der Waals surface area contributed by atoms with Gasteiger partial charge in [0.1, 0.15) is 6.61 Å². The molecule has 0 aliphatic rings. The molecule has 0 radical (unpaired) electrons. The first kappa shape index (κ1) is 72.5. The second-order valence-corrected chi connectivity index (χ2v) is 19.3. The Morgan fingerprint density at radius 2 is 0.513 bits per heavy atom. The van der Waals surface area contributed by atoms with Gasteiger partial charge in [0.15, 0.2) is 6.10 Å². The van der Waals surface area contributed by atoms with Crippen LogP contribution in [0.1, 0.15) is 219 Å².